The molecule has 1 fully saturated rings. The van der Waals surface area contributed by atoms with Gasteiger partial charge in [0.1, 0.15) is 15.9 Å². The van der Waals surface area contributed by atoms with Gasteiger partial charge in [0.05, 0.1) is 33.4 Å². The molecule has 5 rings (SSSR count). The van der Waals surface area contributed by atoms with Gasteiger partial charge in [0.15, 0.2) is 5.13 Å². The Hall–Kier alpha value is -2.86. The van der Waals surface area contributed by atoms with Gasteiger partial charge in [-0.25, -0.2) is 27.1 Å². The molecule has 184 valence electrons. The second-order valence-corrected chi connectivity index (χ2v) is 11.7. The van der Waals surface area contributed by atoms with Crippen LogP contribution in [0.5, 0.6) is 0 Å². The van der Waals surface area contributed by atoms with Crippen molar-refractivity contribution in [1.29, 1.82) is 0 Å². The number of nitrogens with one attached hydrogen (secondary N) is 1. The summed E-state index contributed by atoms with van der Waals surface area (Å²) in [6, 6.07) is 8.57. The molecule has 2 aromatic heterocycles. The van der Waals surface area contributed by atoms with Crippen LogP contribution in [0.1, 0.15) is 0 Å². The SMILES string of the molecule is NCC1CN(S(=O)c2ccc(-c3cccc4sc(N)nc34)c(-c3nn[nH]n3)c2S(N)(=O)=O)CCO1. The van der Waals surface area contributed by atoms with Crippen LogP contribution < -0.4 is 16.6 Å². The molecule has 2 unspecified atom stereocenters. The number of morpholine rings is 1. The number of ether oxygens (including phenoxy) is 1. The second kappa shape index (κ2) is 9.30. The lowest BCUT2D eigenvalue weighted by molar-refractivity contribution is 0.00602. The van der Waals surface area contributed by atoms with E-state index in [1.807, 2.05) is 6.07 Å². The minimum Gasteiger partial charge on any atom is -0.375 e. The number of para-hydroxylation sites is 1. The fraction of sp³-hybridized carbons (Fsp3) is 0.263. The maximum Gasteiger partial charge on any atom is 0.240 e. The van der Waals surface area contributed by atoms with E-state index >= 15 is 0 Å². The van der Waals surface area contributed by atoms with Crippen molar-refractivity contribution in [2.45, 2.75) is 15.9 Å². The zero-order valence-corrected chi connectivity index (χ0v) is 20.6. The van der Waals surface area contributed by atoms with E-state index in [4.69, 9.17) is 21.3 Å². The Morgan fingerprint density at radius 3 is 2.80 bits per heavy atom. The number of nitrogens with zero attached hydrogens (tertiary/aromatic N) is 5. The first-order valence-electron chi connectivity index (χ1n) is 10.4. The summed E-state index contributed by atoms with van der Waals surface area (Å²) in [5.41, 5.74) is 13.3. The molecule has 16 heteroatoms. The zero-order valence-electron chi connectivity index (χ0n) is 18.1. The summed E-state index contributed by atoms with van der Waals surface area (Å²) in [6.07, 6.45) is -0.325. The molecule has 0 radical (unpaired) electrons. The average molecular weight is 536 g/mol. The van der Waals surface area contributed by atoms with Crippen molar-refractivity contribution in [3.63, 3.8) is 0 Å². The minimum absolute atomic E-state index is 0.00121. The molecule has 7 N–H and O–H groups in total. The highest BCUT2D eigenvalue weighted by Gasteiger charge is 2.33. The van der Waals surface area contributed by atoms with Crippen LogP contribution >= 0.6 is 11.3 Å². The Morgan fingerprint density at radius 2 is 2.09 bits per heavy atom. The highest BCUT2D eigenvalue weighted by atomic mass is 32.2. The van der Waals surface area contributed by atoms with E-state index < -0.39 is 21.0 Å². The molecule has 0 bridgehead atoms. The van der Waals surface area contributed by atoms with E-state index in [-0.39, 0.29) is 40.4 Å². The molecule has 1 aliphatic rings. The van der Waals surface area contributed by atoms with Crippen LogP contribution in [0.25, 0.3) is 32.7 Å². The van der Waals surface area contributed by atoms with E-state index in [1.54, 1.807) is 22.5 Å². The Balaban J connectivity index is 1.77. The highest BCUT2D eigenvalue weighted by molar-refractivity contribution is 7.90. The van der Waals surface area contributed by atoms with Crippen molar-refractivity contribution in [3.05, 3.63) is 30.3 Å². The molecule has 1 saturated heterocycles. The van der Waals surface area contributed by atoms with Gasteiger partial charge in [0, 0.05) is 25.2 Å². The van der Waals surface area contributed by atoms with E-state index in [0.29, 0.717) is 34.9 Å². The Kier molecular flexibility index (Phi) is 6.34. The van der Waals surface area contributed by atoms with Gasteiger partial charge < -0.3 is 16.2 Å². The number of H-pyrrole nitrogens is 1. The Bertz CT molecular complexity index is 1520. The fourth-order valence-electron chi connectivity index (χ4n) is 4.01. The predicted molar refractivity (Wildman–Crippen MR) is 131 cm³/mol. The maximum absolute atomic E-state index is 13.6. The van der Waals surface area contributed by atoms with Gasteiger partial charge in [-0.05, 0) is 22.9 Å². The number of anilines is 1. The largest absolute Gasteiger partial charge is 0.375 e. The second-order valence-electron chi connectivity index (χ2n) is 7.67. The van der Waals surface area contributed by atoms with Crippen LogP contribution in [0.2, 0.25) is 0 Å². The summed E-state index contributed by atoms with van der Waals surface area (Å²) in [4.78, 5) is 4.05. The van der Waals surface area contributed by atoms with Crippen LogP contribution in [-0.4, -0.2) is 74.9 Å². The van der Waals surface area contributed by atoms with Crippen LogP contribution in [0.4, 0.5) is 5.13 Å². The first-order chi connectivity index (χ1) is 16.8. The van der Waals surface area contributed by atoms with Crippen molar-refractivity contribution >= 4 is 47.7 Å². The lowest BCUT2D eigenvalue weighted by atomic mass is 9.98. The van der Waals surface area contributed by atoms with Crippen LogP contribution in [0, 0.1) is 0 Å². The monoisotopic (exact) mass is 535 g/mol. The summed E-state index contributed by atoms with van der Waals surface area (Å²) in [7, 11) is -6.30. The average Bonchev–Trinajstić information content (AvgIpc) is 3.51. The molecular weight excluding hydrogens is 514 g/mol. The molecule has 0 amide bonds. The van der Waals surface area contributed by atoms with E-state index in [1.165, 1.54) is 17.4 Å². The van der Waals surface area contributed by atoms with E-state index in [0.717, 1.165) is 4.70 Å². The molecule has 0 aliphatic carbocycles. The number of sulfonamides is 1. The van der Waals surface area contributed by atoms with Gasteiger partial charge in [-0.1, -0.05) is 29.5 Å². The fourth-order valence-corrected chi connectivity index (χ4v) is 7.43. The number of nitrogen functional groups attached to an aromatic ring is 1. The molecule has 0 saturated carbocycles. The summed E-state index contributed by atoms with van der Waals surface area (Å²) >= 11 is 1.30. The van der Waals surface area contributed by atoms with Gasteiger partial charge in [-0.15, -0.1) is 10.2 Å². The molecule has 2 aromatic carbocycles. The number of nitrogens with two attached hydrogens (primary N) is 3. The minimum atomic E-state index is -4.41. The molecule has 13 nitrogen and oxygen atoms in total. The van der Waals surface area contributed by atoms with Crippen molar-refractivity contribution in [2.75, 3.05) is 32.0 Å². The number of primary sulfonamides is 1. The smallest absolute Gasteiger partial charge is 0.240 e. The number of tetrazole rings is 1. The molecule has 1 aliphatic heterocycles. The van der Waals surface area contributed by atoms with Gasteiger partial charge in [0.2, 0.25) is 15.8 Å². The van der Waals surface area contributed by atoms with Crippen molar-refractivity contribution in [2.24, 2.45) is 10.9 Å². The lowest BCUT2D eigenvalue weighted by Gasteiger charge is -2.31. The van der Waals surface area contributed by atoms with Crippen molar-refractivity contribution in [3.8, 4) is 22.5 Å². The Morgan fingerprint density at radius 1 is 1.26 bits per heavy atom. The summed E-state index contributed by atoms with van der Waals surface area (Å²) in [6.45, 7) is 1.14. The van der Waals surface area contributed by atoms with Gasteiger partial charge in [-0.3, -0.25) is 0 Å². The number of fused-ring (bicyclic) bond motifs is 1. The molecule has 4 aromatic rings. The predicted octanol–water partition coefficient (Wildman–Crippen LogP) is 0.0551. The Labute approximate surface area is 206 Å². The van der Waals surface area contributed by atoms with Crippen LogP contribution in [0.15, 0.2) is 40.1 Å². The third-order valence-electron chi connectivity index (χ3n) is 5.49. The zero-order chi connectivity index (χ0) is 24.7. The number of benzene rings is 2. The lowest BCUT2D eigenvalue weighted by Crippen LogP contribution is -2.46. The van der Waals surface area contributed by atoms with E-state index in [2.05, 4.69) is 25.6 Å². The third kappa shape index (κ3) is 4.44. The first kappa shape index (κ1) is 23.9. The number of aromatic amines is 1. The van der Waals surface area contributed by atoms with Gasteiger partial charge in [0.25, 0.3) is 0 Å². The summed E-state index contributed by atoms with van der Waals surface area (Å²) in [5, 5.41) is 20.0. The normalized spacial score (nSPS) is 18.2. The first-order valence-corrected chi connectivity index (χ1v) is 13.8. The number of hydrogen-bond donors (Lipinski definition) is 4. The van der Waals surface area contributed by atoms with Crippen molar-refractivity contribution < 1.29 is 17.4 Å². The molecular formula is C19H21N9O4S3. The maximum atomic E-state index is 13.6. The van der Waals surface area contributed by atoms with Crippen LogP contribution in [-0.2, 0) is 25.7 Å². The molecule has 3 heterocycles. The third-order valence-corrected chi connectivity index (χ3v) is 8.98. The van der Waals surface area contributed by atoms with E-state index in [9.17, 15) is 12.6 Å². The summed E-state index contributed by atoms with van der Waals surface area (Å²) in [5.74, 6) is -0.0232. The topological polar surface area (TPSA) is 209 Å². The highest BCUT2D eigenvalue weighted by Crippen LogP contribution is 2.41. The van der Waals surface area contributed by atoms with Crippen LogP contribution in [0.3, 0.4) is 0 Å². The number of thiazole rings is 1. The van der Waals surface area contributed by atoms with Gasteiger partial charge >= 0.3 is 0 Å². The number of aromatic nitrogens is 5. The van der Waals surface area contributed by atoms with Crippen molar-refractivity contribution in [1.82, 2.24) is 29.9 Å². The molecule has 0 spiro atoms. The molecule has 35 heavy (non-hydrogen) atoms. The summed E-state index contributed by atoms with van der Waals surface area (Å²) < 4.78 is 47.6. The van der Waals surface area contributed by atoms with Gasteiger partial charge in [-0.2, -0.15) is 5.21 Å². The quantitative estimate of drug-likeness (QED) is 0.261. The number of hydrogen-bond acceptors (Lipinski definition) is 11. The standard InChI is InChI=1S/C19H21N9O4S3/c20-8-10-9-28(6-7-32-10)34(29)14-5-4-11(12-2-1-3-13-16(12)23-19(21)33-13)15(17(14)35(22,30)31)18-24-26-27-25-18/h1-5,10H,6-9,20H2,(H2,21,23)(H2,22,30,31)(H,24,25,26,27). The number of rotatable bonds is 6. The molecule has 2 atom stereocenters.